The fourth-order valence-corrected chi connectivity index (χ4v) is 3.46. The first kappa shape index (κ1) is 18.5. The Bertz CT molecular complexity index is 917. The average molecular weight is 372 g/mol. The monoisotopic (exact) mass is 371 g/mol. The highest BCUT2D eigenvalue weighted by molar-refractivity contribution is 7.71. The molecule has 0 aliphatic heterocycles. The van der Waals surface area contributed by atoms with Gasteiger partial charge in [-0.3, -0.25) is 0 Å². The van der Waals surface area contributed by atoms with Crippen LogP contribution in [0.25, 0.3) is 0 Å². The molecule has 3 rings (SSSR count). The van der Waals surface area contributed by atoms with Crippen molar-refractivity contribution < 1.29 is 9.29 Å². The van der Waals surface area contributed by atoms with E-state index in [1.807, 2.05) is 28.9 Å². The summed E-state index contributed by atoms with van der Waals surface area (Å²) in [6.45, 7) is 4.24. The van der Waals surface area contributed by atoms with Crippen molar-refractivity contribution in [2.24, 2.45) is 0 Å². The maximum atomic E-state index is 13.4. The summed E-state index contributed by atoms with van der Waals surface area (Å²) in [5.74, 6) is 0.773. The zero-order valence-corrected chi connectivity index (χ0v) is 16.0. The third kappa shape index (κ3) is 4.45. The number of nitrogens with zero attached hydrogens (tertiary/aromatic N) is 3. The van der Waals surface area contributed by atoms with Crippen molar-refractivity contribution in [1.29, 1.82) is 0 Å². The first-order valence-corrected chi connectivity index (χ1v) is 9.24. The molecular weight excluding hydrogens is 347 g/mol. The maximum absolute atomic E-state index is 13.4. The van der Waals surface area contributed by atoms with Gasteiger partial charge in [0.05, 0.1) is 7.05 Å². The highest BCUT2D eigenvalue weighted by Crippen LogP contribution is 2.09. The predicted molar refractivity (Wildman–Crippen MR) is 103 cm³/mol. The molecule has 0 amide bonds. The van der Waals surface area contributed by atoms with Crippen LogP contribution in [-0.2, 0) is 26.2 Å². The summed E-state index contributed by atoms with van der Waals surface area (Å²) in [6, 6.07) is 17.0. The fourth-order valence-electron chi connectivity index (χ4n) is 3.12. The highest BCUT2D eigenvalue weighted by atomic mass is 32.1. The summed E-state index contributed by atoms with van der Waals surface area (Å²) in [4.78, 5) is 1.19. The predicted octanol–water partition coefficient (Wildman–Crippen LogP) is 2.84. The normalized spacial score (nSPS) is 12.3. The summed E-state index contributed by atoms with van der Waals surface area (Å²) in [5, 5.41) is 4.76. The molecule has 0 aliphatic rings. The first-order valence-electron chi connectivity index (χ1n) is 8.83. The Morgan fingerprint density at radius 3 is 2.50 bits per heavy atom. The smallest absolute Gasteiger partial charge is 0.202 e. The first-order chi connectivity index (χ1) is 12.6. The van der Waals surface area contributed by atoms with Crippen LogP contribution in [0.4, 0.5) is 4.39 Å². The number of quaternary nitrogens is 1. The molecule has 0 spiro atoms. The van der Waals surface area contributed by atoms with Crippen molar-refractivity contribution in [3.63, 3.8) is 0 Å². The number of hydrogen-bond donors (Lipinski definition) is 1. The minimum Gasteiger partial charge on any atom is -0.315 e. The van der Waals surface area contributed by atoms with Gasteiger partial charge in [-0.05, 0) is 36.8 Å². The van der Waals surface area contributed by atoms with E-state index in [0.29, 0.717) is 13.2 Å². The summed E-state index contributed by atoms with van der Waals surface area (Å²) in [6.07, 6.45) is 0.758. The van der Waals surface area contributed by atoms with Crippen LogP contribution in [0.5, 0.6) is 0 Å². The van der Waals surface area contributed by atoms with E-state index in [1.165, 1.54) is 16.5 Å². The second-order valence-corrected chi connectivity index (χ2v) is 6.89. The van der Waals surface area contributed by atoms with Gasteiger partial charge in [-0.1, -0.05) is 42.5 Å². The van der Waals surface area contributed by atoms with Crippen molar-refractivity contribution in [2.75, 3.05) is 7.05 Å². The third-order valence-electron chi connectivity index (χ3n) is 4.34. The summed E-state index contributed by atoms with van der Waals surface area (Å²) in [7, 11) is 2.06. The number of hydrogen-bond acceptors (Lipinski definition) is 2. The molecule has 1 N–H and O–H groups in total. The van der Waals surface area contributed by atoms with Gasteiger partial charge in [0, 0.05) is 18.5 Å². The molecule has 1 unspecified atom stereocenters. The standard InChI is InChI=1S/C20H23FN4S/c1-3-24-19(13-16-8-5-4-6-9-16)22-25(20(24)26)15-23(2)14-17-10-7-11-18(21)12-17/h4-12H,3,13-15H2,1-2H3/p+1. The third-order valence-corrected chi connectivity index (χ3v) is 4.77. The Hall–Kier alpha value is -2.31. The van der Waals surface area contributed by atoms with Crippen LogP contribution in [-0.4, -0.2) is 21.4 Å². The molecule has 0 aliphatic carbocycles. The van der Waals surface area contributed by atoms with Crippen molar-refractivity contribution in [2.45, 2.75) is 33.1 Å². The SMILES string of the molecule is CCn1c(Cc2ccccc2)nn(C[NH+](C)Cc2cccc(F)c2)c1=S. The summed E-state index contributed by atoms with van der Waals surface area (Å²) in [5.41, 5.74) is 2.18. The Morgan fingerprint density at radius 2 is 1.81 bits per heavy atom. The Kier molecular flexibility index (Phi) is 5.96. The Morgan fingerprint density at radius 1 is 1.08 bits per heavy atom. The van der Waals surface area contributed by atoms with E-state index in [-0.39, 0.29) is 5.82 Å². The van der Waals surface area contributed by atoms with E-state index in [9.17, 15) is 4.39 Å². The molecule has 0 saturated heterocycles. The van der Waals surface area contributed by atoms with Crippen molar-refractivity contribution in [3.8, 4) is 0 Å². The van der Waals surface area contributed by atoms with Gasteiger partial charge in [-0.25, -0.2) is 4.39 Å². The quantitative estimate of drug-likeness (QED) is 0.647. The molecule has 1 aromatic heterocycles. The minimum atomic E-state index is -0.202. The van der Waals surface area contributed by atoms with Gasteiger partial charge in [0.1, 0.15) is 18.2 Å². The molecule has 3 aromatic rings. The van der Waals surface area contributed by atoms with Gasteiger partial charge >= 0.3 is 0 Å². The molecule has 0 radical (unpaired) electrons. The lowest BCUT2D eigenvalue weighted by atomic mass is 10.1. The second-order valence-electron chi connectivity index (χ2n) is 6.53. The van der Waals surface area contributed by atoms with Crippen molar-refractivity contribution in [3.05, 3.63) is 82.1 Å². The van der Waals surface area contributed by atoms with Crippen LogP contribution in [0.1, 0.15) is 23.9 Å². The fraction of sp³-hybridized carbons (Fsp3) is 0.300. The van der Waals surface area contributed by atoms with Crippen LogP contribution in [0, 0.1) is 10.6 Å². The molecule has 0 fully saturated rings. The van der Waals surface area contributed by atoms with E-state index in [0.717, 1.165) is 29.1 Å². The summed E-state index contributed by atoms with van der Waals surface area (Å²) >= 11 is 5.62. The number of benzene rings is 2. The van der Waals surface area contributed by atoms with Gasteiger partial charge < -0.3 is 9.47 Å². The Labute approximate surface area is 158 Å². The van der Waals surface area contributed by atoms with Crippen LogP contribution in [0.2, 0.25) is 0 Å². The largest absolute Gasteiger partial charge is 0.315 e. The van der Waals surface area contributed by atoms with E-state index in [4.69, 9.17) is 17.3 Å². The van der Waals surface area contributed by atoms with Crippen LogP contribution in [0.15, 0.2) is 54.6 Å². The Balaban J connectivity index is 1.76. The van der Waals surface area contributed by atoms with E-state index in [1.54, 1.807) is 12.1 Å². The number of halogens is 1. The van der Waals surface area contributed by atoms with Gasteiger partial charge in [0.2, 0.25) is 4.77 Å². The van der Waals surface area contributed by atoms with Gasteiger partial charge in [-0.15, -0.1) is 0 Å². The topological polar surface area (TPSA) is 27.2 Å². The zero-order valence-electron chi connectivity index (χ0n) is 15.2. The van der Waals surface area contributed by atoms with Crippen LogP contribution < -0.4 is 4.90 Å². The molecule has 4 nitrogen and oxygen atoms in total. The molecule has 26 heavy (non-hydrogen) atoms. The highest BCUT2D eigenvalue weighted by Gasteiger charge is 2.13. The second kappa shape index (κ2) is 8.38. The average Bonchev–Trinajstić information content (AvgIpc) is 2.90. The molecule has 2 aromatic carbocycles. The number of nitrogens with one attached hydrogen (secondary N) is 1. The van der Waals surface area contributed by atoms with Gasteiger partial charge in [0.25, 0.3) is 0 Å². The maximum Gasteiger partial charge on any atom is 0.202 e. The lowest BCUT2D eigenvalue weighted by Gasteiger charge is -2.13. The molecule has 0 bridgehead atoms. The van der Waals surface area contributed by atoms with Crippen molar-refractivity contribution in [1.82, 2.24) is 14.3 Å². The lowest BCUT2D eigenvalue weighted by molar-refractivity contribution is -0.917. The summed E-state index contributed by atoms with van der Waals surface area (Å²) < 4.78 is 18.1. The zero-order chi connectivity index (χ0) is 18.5. The van der Waals surface area contributed by atoms with E-state index < -0.39 is 0 Å². The van der Waals surface area contributed by atoms with Crippen molar-refractivity contribution >= 4 is 12.2 Å². The molecule has 6 heteroatoms. The van der Waals surface area contributed by atoms with Crippen LogP contribution in [0.3, 0.4) is 0 Å². The molecule has 1 heterocycles. The van der Waals surface area contributed by atoms with Crippen LogP contribution >= 0.6 is 12.2 Å². The minimum absolute atomic E-state index is 0.202. The number of rotatable bonds is 7. The molecule has 0 saturated carbocycles. The van der Waals surface area contributed by atoms with Gasteiger partial charge in [0.15, 0.2) is 6.67 Å². The lowest BCUT2D eigenvalue weighted by Crippen LogP contribution is -3.07. The molecular formula is C20H24FN4S+. The molecule has 136 valence electrons. The van der Waals surface area contributed by atoms with E-state index in [2.05, 4.69) is 30.7 Å². The number of aromatic nitrogens is 3. The van der Waals surface area contributed by atoms with E-state index >= 15 is 0 Å². The molecule has 1 atom stereocenters. The van der Waals surface area contributed by atoms with Gasteiger partial charge in [-0.2, -0.15) is 9.78 Å².